The Balaban J connectivity index is 1.88. The van der Waals surface area contributed by atoms with Crippen molar-refractivity contribution in [2.45, 2.75) is 77.6 Å². The van der Waals surface area contributed by atoms with Gasteiger partial charge in [-0.1, -0.05) is 46.3 Å². The van der Waals surface area contributed by atoms with Crippen molar-refractivity contribution >= 4 is 17.7 Å². The van der Waals surface area contributed by atoms with E-state index in [1.807, 2.05) is 6.92 Å². The largest absolute Gasteiger partial charge is 0.478 e. The summed E-state index contributed by atoms with van der Waals surface area (Å²) < 4.78 is 12.7. The van der Waals surface area contributed by atoms with Crippen LogP contribution in [0.15, 0.2) is 23.8 Å². The standard InChI is InChI=1S/C24H32O6/c1-12-7-6-8-16-10-17(20(26)27)14(3)11-24(16)21-23(5,22(28)30-24)19(25)15(4)18(29-21)13(2)9-12/h10,12-14,16,18,21H,4,6-9,11H2,1-3,5H3,(H,26,27)/t12-,13-,14+,16+,18-,21-,23+,24+/m0/s1. The Labute approximate surface area is 177 Å². The summed E-state index contributed by atoms with van der Waals surface area (Å²) in [5.74, 6) is -1.86. The average molecular weight is 417 g/mol. The van der Waals surface area contributed by atoms with Gasteiger partial charge in [-0.05, 0) is 43.9 Å². The third kappa shape index (κ3) is 2.83. The van der Waals surface area contributed by atoms with Crippen LogP contribution in [0.3, 0.4) is 0 Å². The zero-order chi connectivity index (χ0) is 22.0. The molecule has 3 saturated heterocycles. The van der Waals surface area contributed by atoms with Gasteiger partial charge in [0, 0.05) is 17.1 Å². The molecule has 8 atom stereocenters. The molecular formula is C24H32O6. The maximum absolute atomic E-state index is 13.4. The number of carboxylic acid groups (broad SMARTS) is 1. The van der Waals surface area contributed by atoms with Gasteiger partial charge in [-0.25, -0.2) is 4.79 Å². The number of ketones is 1. The van der Waals surface area contributed by atoms with Crippen molar-refractivity contribution in [2.75, 3.05) is 0 Å². The number of carbonyl (C=O) groups excluding carboxylic acids is 2. The molecule has 0 saturated carbocycles. The highest BCUT2D eigenvalue weighted by Crippen LogP contribution is 2.58. The molecule has 3 aliphatic heterocycles. The third-order valence-electron chi connectivity index (χ3n) is 7.98. The molecule has 4 aliphatic rings. The molecule has 0 amide bonds. The topological polar surface area (TPSA) is 89.9 Å². The summed E-state index contributed by atoms with van der Waals surface area (Å²) in [5, 5.41) is 9.70. The minimum atomic E-state index is -1.43. The van der Waals surface area contributed by atoms with Crippen LogP contribution in [0.1, 0.15) is 59.8 Å². The summed E-state index contributed by atoms with van der Waals surface area (Å²) in [4.78, 5) is 38.4. The molecule has 0 aromatic carbocycles. The lowest BCUT2D eigenvalue weighted by Gasteiger charge is -2.48. The van der Waals surface area contributed by atoms with Crippen molar-refractivity contribution in [1.82, 2.24) is 0 Å². The molecule has 3 fully saturated rings. The summed E-state index contributed by atoms with van der Waals surface area (Å²) in [7, 11) is 0. The van der Waals surface area contributed by atoms with E-state index < -0.39 is 35.2 Å². The van der Waals surface area contributed by atoms with E-state index in [0.29, 0.717) is 29.9 Å². The smallest absolute Gasteiger partial charge is 0.331 e. The lowest BCUT2D eigenvalue weighted by molar-refractivity contribution is -0.176. The number of fused-ring (bicyclic) bond motifs is 1. The molecule has 1 aliphatic carbocycles. The molecule has 6 heteroatoms. The second-order valence-electron chi connectivity index (χ2n) is 10.2. The maximum atomic E-state index is 13.4. The maximum Gasteiger partial charge on any atom is 0.331 e. The monoisotopic (exact) mass is 416 g/mol. The van der Waals surface area contributed by atoms with Crippen LogP contribution in [0.2, 0.25) is 0 Å². The van der Waals surface area contributed by atoms with E-state index in [1.165, 1.54) is 0 Å². The normalized spacial score (nSPS) is 46.4. The van der Waals surface area contributed by atoms with Crippen LogP contribution < -0.4 is 0 Å². The molecular weight excluding hydrogens is 384 g/mol. The first-order valence-electron chi connectivity index (χ1n) is 11.1. The highest BCUT2D eigenvalue weighted by atomic mass is 16.6. The van der Waals surface area contributed by atoms with E-state index >= 15 is 0 Å². The molecule has 3 heterocycles. The van der Waals surface area contributed by atoms with E-state index in [1.54, 1.807) is 13.0 Å². The predicted molar refractivity (Wildman–Crippen MR) is 110 cm³/mol. The number of esters is 1. The van der Waals surface area contributed by atoms with Crippen LogP contribution in [0.5, 0.6) is 0 Å². The molecule has 1 N–H and O–H groups in total. The fraction of sp³-hybridized carbons (Fsp3) is 0.708. The van der Waals surface area contributed by atoms with E-state index in [-0.39, 0.29) is 23.5 Å². The quantitative estimate of drug-likeness (QED) is 0.398. The molecule has 30 heavy (non-hydrogen) atoms. The Morgan fingerprint density at radius 1 is 1.23 bits per heavy atom. The lowest BCUT2D eigenvalue weighted by atomic mass is 9.61. The van der Waals surface area contributed by atoms with E-state index in [0.717, 1.165) is 19.3 Å². The van der Waals surface area contributed by atoms with Gasteiger partial charge < -0.3 is 14.6 Å². The number of hydrogen-bond donors (Lipinski definition) is 1. The SMILES string of the molecule is C=C1C(=O)[C@@]2(C)C(=O)O[C@]34C[C@@H](C)C(C(=O)O)=C[C@H]3CCC[C@H](C)C[C@H](C)[C@@H]1O[C@@H]24. The van der Waals surface area contributed by atoms with Crippen LogP contribution in [0, 0.1) is 29.1 Å². The number of Topliss-reactive ketones (excluding diaryl/α,β-unsaturated/α-hetero) is 1. The summed E-state index contributed by atoms with van der Waals surface area (Å²) >= 11 is 0. The molecule has 0 radical (unpaired) electrons. The van der Waals surface area contributed by atoms with Gasteiger partial charge in [-0.3, -0.25) is 9.59 Å². The number of carbonyl (C=O) groups is 3. The Kier molecular flexibility index (Phi) is 5.00. The van der Waals surface area contributed by atoms with Gasteiger partial charge in [0.1, 0.15) is 11.7 Å². The van der Waals surface area contributed by atoms with Crippen LogP contribution in [-0.4, -0.2) is 40.6 Å². The second-order valence-corrected chi connectivity index (χ2v) is 10.2. The molecule has 4 rings (SSSR count). The first kappa shape index (κ1) is 21.3. The Bertz CT molecular complexity index is 843. The van der Waals surface area contributed by atoms with Crippen molar-refractivity contribution in [1.29, 1.82) is 0 Å². The molecule has 0 unspecified atom stereocenters. The van der Waals surface area contributed by atoms with Crippen molar-refractivity contribution in [3.05, 3.63) is 23.8 Å². The average Bonchev–Trinajstić information content (AvgIpc) is 2.86. The van der Waals surface area contributed by atoms with E-state index in [2.05, 4.69) is 20.4 Å². The highest BCUT2D eigenvalue weighted by molar-refractivity contribution is 6.14. The number of ether oxygens (including phenoxy) is 2. The predicted octanol–water partition coefficient (Wildman–Crippen LogP) is 3.69. The van der Waals surface area contributed by atoms with Gasteiger partial charge in [0.15, 0.2) is 11.2 Å². The van der Waals surface area contributed by atoms with Crippen LogP contribution in [0.4, 0.5) is 0 Å². The molecule has 2 bridgehead atoms. The van der Waals surface area contributed by atoms with Crippen LogP contribution in [-0.2, 0) is 23.9 Å². The Hall–Kier alpha value is -1.95. The number of aliphatic carboxylic acids is 1. The molecule has 164 valence electrons. The molecule has 1 spiro atoms. The van der Waals surface area contributed by atoms with Crippen LogP contribution in [0.25, 0.3) is 0 Å². The Morgan fingerprint density at radius 3 is 2.60 bits per heavy atom. The Morgan fingerprint density at radius 2 is 1.93 bits per heavy atom. The number of hydrogen-bond acceptors (Lipinski definition) is 5. The number of rotatable bonds is 1. The van der Waals surface area contributed by atoms with Gasteiger partial charge in [-0.2, -0.15) is 0 Å². The third-order valence-corrected chi connectivity index (χ3v) is 7.98. The first-order chi connectivity index (χ1) is 14.0. The lowest BCUT2D eigenvalue weighted by Crippen LogP contribution is -2.61. The minimum absolute atomic E-state index is 0.0939. The zero-order valence-corrected chi connectivity index (χ0v) is 18.3. The molecule has 0 aromatic rings. The van der Waals surface area contributed by atoms with Gasteiger partial charge in [0.2, 0.25) is 0 Å². The summed E-state index contributed by atoms with van der Waals surface area (Å²) in [6.07, 6.45) is 4.42. The van der Waals surface area contributed by atoms with Gasteiger partial charge >= 0.3 is 11.9 Å². The van der Waals surface area contributed by atoms with Crippen molar-refractivity contribution in [2.24, 2.45) is 29.1 Å². The zero-order valence-electron chi connectivity index (χ0n) is 18.3. The van der Waals surface area contributed by atoms with Crippen LogP contribution >= 0.6 is 0 Å². The van der Waals surface area contributed by atoms with Crippen molar-refractivity contribution in [3.63, 3.8) is 0 Å². The second kappa shape index (κ2) is 7.04. The van der Waals surface area contributed by atoms with E-state index in [4.69, 9.17) is 9.47 Å². The van der Waals surface area contributed by atoms with Gasteiger partial charge in [0.25, 0.3) is 0 Å². The van der Waals surface area contributed by atoms with E-state index in [9.17, 15) is 19.5 Å². The van der Waals surface area contributed by atoms with Gasteiger partial charge in [-0.15, -0.1) is 0 Å². The minimum Gasteiger partial charge on any atom is -0.478 e. The van der Waals surface area contributed by atoms with Crippen molar-refractivity contribution < 1.29 is 29.0 Å². The molecule has 0 aromatic heterocycles. The fourth-order valence-electron chi connectivity index (χ4n) is 6.41. The highest BCUT2D eigenvalue weighted by Gasteiger charge is 2.72. The first-order valence-corrected chi connectivity index (χ1v) is 11.1. The van der Waals surface area contributed by atoms with Gasteiger partial charge in [0.05, 0.1) is 6.10 Å². The summed E-state index contributed by atoms with van der Waals surface area (Å²) in [6, 6.07) is 0. The fourth-order valence-corrected chi connectivity index (χ4v) is 6.41. The summed E-state index contributed by atoms with van der Waals surface area (Å²) in [6.45, 7) is 11.7. The van der Waals surface area contributed by atoms with Crippen molar-refractivity contribution in [3.8, 4) is 0 Å². The molecule has 6 nitrogen and oxygen atoms in total. The summed E-state index contributed by atoms with van der Waals surface area (Å²) in [5.41, 5.74) is -1.75. The number of carboxylic acids is 1.